The molecule has 7 heteroatoms. The van der Waals surface area contributed by atoms with Gasteiger partial charge in [0.1, 0.15) is 18.1 Å². The SMILES string of the molecule is C=CCOC(=O)/C=C/c1ccc(-c2cc([N+](=O)[O-])ccc2Cl)o1. The van der Waals surface area contributed by atoms with E-state index in [1.54, 1.807) is 12.1 Å². The van der Waals surface area contributed by atoms with Crippen LogP contribution in [-0.4, -0.2) is 17.5 Å². The highest BCUT2D eigenvalue weighted by Crippen LogP contribution is 2.32. The largest absolute Gasteiger partial charge is 0.458 e. The van der Waals surface area contributed by atoms with Crippen molar-refractivity contribution < 1.29 is 18.9 Å². The van der Waals surface area contributed by atoms with Crippen molar-refractivity contribution in [3.63, 3.8) is 0 Å². The average Bonchev–Trinajstić information content (AvgIpc) is 2.99. The van der Waals surface area contributed by atoms with Crippen LogP contribution in [0, 0.1) is 10.1 Å². The molecule has 0 saturated carbocycles. The maximum Gasteiger partial charge on any atom is 0.331 e. The molecule has 6 nitrogen and oxygen atoms in total. The number of carbonyl (C=O) groups is 1. The summed E-state index contributed by atoms with van der Waals surface area (Å²) in [6.45, 7) is 3.56. The minimum absolute atomic E-state index is 0.0918. The van der Waals surface area contributed by atoms with E-state index < -0.39 is 10.9 Å². The number of carbonyl (C=O) groups excluding carboxylic acids is 1. The van der Waals surface area contributed by atoms with Crippen molar-refractivity contribution in [2.24, 2.45) is 0 Å². The van der Waals surface area contributed by atoms with Crippen LogP contribution >= 0.6 is 11.6 Å². The van der Waals surface area contributed by atoms with Crippen molar-refractivity contribution in [2.75, 3.05) is 6.61 Å². The summed E-state index contributed by atoms with van der Waals surface area (Å²) in [7, 11) is 0. The van der Waals surface area contributed by atoms with E-state index in [1.165, 1.54) is 36.4 Å². The smallest absolute Gasteiger partial charge is 0.331 e. The lowest BCUT2D eigenvalue weighted by Crippen LogP contribution is -1.99. The molecule has 0 N–H and O–H groups in total. The Balaban J connectivity index is 2.21. The second-order valence-corrected chi connectivity index (χ2v) is 4.78. The Kier molecular flexibility index (Phi) is 5.32. The van der Waals surface area contributed by atoms with Gasteiger partial charge in [0, 0.05) is 23.8 Å². The van der Waals surface area contributed by atoms with Gasteiger partial charge in [-0.3, -0.25) is 10.1 Å². The quantitative estimate of drug-likeness (QED) is 0.259. The van der Waals surface area contributed by atoms with Crippen LogP contribution in [0.1, 0.15) is 5.76 Å². The van der Waals surface area contributed by atoms with Crippen LogP contribution in [-0.2, 0) is 9.53 Å². The molecular formula is C16H12ClNO5. The van der Waals surface area contributed by atoms with Crippen molar-refractivity contribution in [1.29, 1.82) is 0 Å². The molecule has 0 atom stereocenters. The average molecular weight is 334 g/mol. The number of nitrogens with zero attached hydrogens (tertiary/aromatic N) is 1. The van der Waals surface area contributed by atoms with Gasteiger partial charge in [-0.1, -0.05) is 24.3 Å². The van der Waals surface area contributed by atoms with Crippen LogP contribution in [0.3, 0.4) is 0 Å². The van der Waals surface area contributed by atoms with Gasteiger partial charge in [0.05, 0.1) is 9.95 Å². The molecule has 2 rings (SSSR count). The van der Waals surface area contributed by atoms with E-state index in [4.69, 9.17) is 20.8 Å². The van der Waals surface area contributed by atoms with Gasteiger partial charge in [0.2, 0.25) is 0 Å². The van der Waals surface area contributed by atoms with Crippen LogP contribution in [0.15, 0.2) is 53.5 Å². The molecule has 1 aromatic carbocycles. The molecule has 0 unspecified atom stereocenters. The van der Waals surface area contributed by atoms with Gasteiger partial charge >= 0.3 is 5.97 Å². The number of benzene rings is 1. The summed E-state index contributed by atoms with van der Waals surface area (Å²) in [6, 6.07) is 7.29. The molecule has 0 fully saturated rings. The molecule has 23 heavy (non-hydrogen) atoms. The molecule has 0 saturated heterocycles. The third kappa shape index (κ3) is 4.31. The summed E-state index contributed by atoms with van der Waals surface area (Å²) >= 11 is 6.05. The lowest BCUT2D eigenvalue weighted by atomic mass is 10.1. The molecule has 1 heterocycles. The molecule has 0 amide bonds. The van der Waals surface area contributed by atoms with Crippen molar-refractivity contribution >= 4 is 29.3 Å². The number of non-ortho nitro benzene ring substituents is 1. The Morgan fingerprint density at radius 2 is 2.17 bits per heavy atom. The van der Waals surface area contributed by atoms with Crippen molar-refractivity contribution in [3.05, 3.63) is 70.0 Å². The van der Waals surface area contributed by atoms with E-state index in [9.17, 15) is 14.9 Å². The van der Waals surface area contributed by atoms with Gasteiger partial charge in [-0.15, -0.1) is 0 Å². The number of halogens is 1. The lowest BCUT2D eigenvalue weighted by molar-refractivity contribution is -0.384. The van der Waals surface area contributed by atoms with Gasteiger partial charge in [0.15, 0.2) is 0 Å². The van der Waals surface area contributed by atoms with Crippen LogP contribution in [0.5, 0.6) is 0 Å². The van der Waals surface area contributed by atoms with Crippen molar-refractivity contribution in [1.82, 2.24) is 0 Å². The number of esters is 1. The van der Waals surface area contributed by atoms with Crippen molar-refractivity contribution in [2.45, 2.75) is 0 Å². The van der Waals surface area contributed by atoms with E-state index in [2.05, 4.69) is 6.58 Å². The number of hydrogen-bond acceptors (Lipinski definition) is 5. The molecular weight excluding hydrogens is 322 g/mol. The Labute approximate surface area is 136 Å². The second-order valence-electron chi connectivity index (χ2n) is 4.38. The number of hydrogen-bond donors (Lipinski definition) is 0. The number of ether oxygens (including phenoxy) is 1. The Hall–Kier alpha value is -2.86. The maximum atomic E-state index is 11.3. The minimum Gasteiger partial charge on any atom is -0.458 e. The zero-order valence-corrected chi connectivity index (χ0v) is 12.7. The third-order valence-electron chi connectivity index (χ3n) is 2.78. The van der Waals surface area contributed by atoms with Crippen LogP contribution < -0.4 is 0 Å². The summed E-state index contributed by atoms with van der Waals surface area (Å²) in [5, 5.41) is 11.2. The molecule has 1 aromatic heterocycles. The molecule has 2 aromatic rings. The Bertz CT molecular complexity index is 779. The highest BCUT2D eigenvalue weighted by molar-refractivity contribution is 6.33. The first kappa shape index (κ1) is 16.5. The number of nitro benzene ring substituents is 1. The van der Waals surface area contributed by atoms with E-state index in [1.807, 2.05) is 0 Å². The summed E-state index contributed by atoms with van der Waals surface area (Å²) in [5.74, 6) is 0.215. The molecule has 0 bridgehead atoms. The first-order chi connectivity index (χ1) is 11.0. The predicted molar refractivity (Wildman–Crippen MR) is 86.0 cm³/mol. The Morgan fingerprint density at radius 3 is 2.87 bits per heavy atom. The first-order valence-electron chi connectivity index (χ1n) is 6.51. The molecule has 0 aliphatic rings. The second kappa shape index (κ2) is 7.42. The summed E-state index contributed by atoms with van der Waals surface area (Å²) in [4.78, 5) is 21.6. The third-order valence-corrected chi connectivity index (χ3v) is 3.11. The summed E-state index contributed by atoms with van der Waals surface area (Å²) in [6.07, 6.45) is 4.10. The zero-order valence-electron chi connectivity index (χ0n) is 11.9. The molecule has 118 valence electrons. The highest BCUT2D eigenvalue weighted by Gasteiger charge is 2.14. The lowest BCUT2D eigenvalue weighted by Gasteiger charge is -2.00. The first-order valence-corrected chi connectivity index (χ1v) is 6.89. The number of furan rings is 1. The summed E-state index contributed by atoms with van der Waals surface area (Å²) < 4.78 is 10.3. The van der Waals surface area contributed by atoms with E-state index in [-0.39, 0.29) is 12.3 Å². The fourth-order valence-electron chi connectivity index (χ4n) is 1.74. The van der Waals surface area contributed by atoms with E-state index >= 15 is 0 Å². The minimum atomic E-state index is -0.531. The summed E-state index contributed by atoms with van der Waals surface area (Å²) in [5.41, 5.74) is 0.306. The Morgan fingerprint density at radius 1 is 1.39 bits per heavy atom. The molecule has 0 radical (unpaired) electrons. The van der Waals surface area contributed by atoms with Gasteiger partial charge in [-0.25, -0.2) is 4.79 Å². The molecule has 0 spiro atoms. The number of rotatable bonds is 6. The molecule has 0 aliphatic heterocycles. The van der Waals surface area contributed by atoms with Gasteiger partial charge in [-0.2, -0.15) is 0 Å². The normalized spacial score (nSPS) is 10.7. The van der Waals surface area contributed by atoms with Crippen molar-refractivity contribution in [3.8, 4) is 11.3 Å². The standard InChI is InChI=1S/C16H12ClNO5/c1-2-9-22-16(19)8-5-12-4-7-15(23-12)13-10-11(18(20)21)3-6-14(13)17/h2-8,10H,1,9H2/b8-5+. The van der Waals surface area contributed by atoms with Gasteiger partial charge < -0.3 is 9.15 Å². The van der Waals surface area contributed by atoms with Crippen LogP contribution in [0.4, 0.5) is 5.69 Å². The van der Waals surface area contributed by atoms with E-state index in [0.29, 0.717) is 22.1 Å². The van der Waals surface area contributed by atoms with Gasteiger partial charge in [0.25, 0.3) is 5.69 Å². The fraction of sp³-hybridized carbons (Fsp3) is 0.0625. The maximum absolute atomic E-state index is 11.3. The molecule has 0 aliphatic carbocycles. The van der Waals surface area contributed by atoms with Gasteiger partial charge in [-0.05, 0) is 24.3 Å². The van der Waals surface area contributed by atoms with Crippen LogP contribution in [0.2, 0.25) is 5.02 Å². The van der Waals surface area contributed by atoms with E-state index in [0.717, 1.165) is 0 Å². The topological polar surface area (TPSA) is 82.6 Å². The predicted octanol–water partition coefficient (Wildman–Crippen LogP) is 4.25. The number of nitro groups is 1. The zero-order chi connectivity index (χ0) is 16.8. The monoisotopic (exact) mass is 333 g/mol. The van der Waals surface area contributed by atoms with Crippen LogP contribution in [0.25, 0.3) is 17.4 Å². The fourth-order valence-corrected chi connectivity index (χ4v) is 1.95. The highest BCUT2D eigenvalue weighted by atomic mass is 35.5.